The van der Waals surface area contributed by atoms with E-state index in [0.717, 1.165) is 16.1 Å². The maximum atomic E-state index is 13.5. The number of benzene rings is 1. The molecule has 1 N–H and O–H groups in total. The SMILES string of the molecule is COc1nc(N(C)C)sc1CNc1cccc(F)c1F. The highest BCUT2D eigenvalue weighted by Crippen LogP contribution is 2.31. The minimum absolute atomic E-state index is 0.117. The standard InChI is InChI=1S/C13H15F2N3OS/c1-18(2)13-17-12(19-3)10(20-13)7-16-9-6-4-5-8(14)11(9)15/h4-6,16H,7H2,1-3H3. The summed E-state index contributed by atoms with van der Waals surface area (Å²) in [5.41, 5.74) is 0.117. The second-order valence-corrected chi connectivity index (χ2v) is 5.34. The van der Waals surface area contributed by atoms with Gasteiger partial charge in [0.25, 0.3) is 0 Å². The molecule has 7 heteroatoms. The molecular formula is C13H15F2N3OS. The van der Waals surface area contributed by atoms with E-state index in [4.69, 9.17) is 4.74 Å². The van der Waals surface area contributed by atoms with Crippen molar-refractivity contribution in [1.82, 2.24) is 4.98 Å². The van der Waals surface area contributed by atoms with Gasteiger partial charge in [-0.05, 0) is 12.1 Å². The smallest absolute Gasteiger partial charge is 0.231 e. The molecule has 108 valence electrons. The van der Waals surface area contributed by atoms with Gasteiger partial charge in [0.15, 0.2) is 16.8 Å². The van der Waals surface area contributed by atoms with E-state index in [1.54, 1.807) is 0 Å². The summed E-state index contributed by atoms with van der Waals surface area (Å²) < 4.78 is 31.8. The molecule has 0 amide bonds. The van der Waals surface area contributed by atoms with E-state index in [9.17, 15) is 8.78 Å². The lowest BCUT2D eigenvalue weighted by Crippen LogP contribution is -2.07. The Balaban J connectivity index is 2.16. The van der Waals surface area contributed by atoms with Crippen LogP contribution in [-0.4, -0.2) is 26.2 Å². The number of halogens is 2. The van der Waals surface area contributed by atoms with Crippen molar-refractivity contribution >= 4 is 22.2 Å². The van der Waals surface area contributed by atoms with E-state index in [1.165, 1.54) is 30.6 Å². The van der Waals surface area contributed by atoms with Crippen LogP contribution in [0.2, 0.25) is 0 Å². The number of methoxy groups -OCH3 is 1. The van der Waals surface area contributed by atoms with Crippen molar-refractivity contribution < 1.29 is 13.5 Å². The van der Waals surface area contributed by atoms with Gasteiger partial charge in [0.1, 0.15) is 0 Å². The van der Waals surface area contributed by atoms with Crippen LogP contribution in [0.3, 0.4) is 0 Å². The third-order valence-corrected chi connectivity index (χ3v) is 3.82. The number of hydrogen-bond acceptors (Lipinski definition) is 5. The van der Waals surface area contributed by atoms with Crippen molar-refractivity contribution in [2.45, 2.75) is 6.54 Å². The zero-order chi connectivity index (χ0) is 14.7. The number of aromatic nitrogens is 1. The monoisotopic (exact) mass is 299 g/mol. The fourth-order valence-electron chi connectivity index (χ4n) is 1.60. The first kappa shape index (κ1) is 14.5. The average Bonchev–Trinajstić information content (AvgIpc) is 2.84. The van der Waals surface area contributed by atoms with Gasteiger partial charge >= 0.3 is 0 Å². The first-order chi connectivity index (χ1) is 9.52. The molecule has 2 rings (SSSR count). The van der Waals surface area contributed by atoms with Gasteiger partial charge in [0.05, 0.1) is 24.2 Å². The van der Waals surface area contributed by atoms with E-state index in [0.29, 0.717) is 12.4 Å². The summed E-state index contributed by atoms with van der Waals surface area (Å²) in [4.78, 5) is 6.97. The van der Waals surface area contributed by atoms with Gasteiger partial charge in [0.2, 0.25) is 5.88 Å². The number of nitrogens with one attached hydrogen (secondary N) is 1. The summed E-state index contributed by atoms with van der Waals surface area (Å²) in [6, 6.07) is 4.02. The third kappa shape index (κ3) is 2.98. The molecule has 0 bridgehead atoms. The highest BCUT2D eigenvalue weighted by Gasteiger charge is 2.14. The molecule has 0 aliphatic heterocycles. The Morgan fingerprint density at radius 1 is 1.35 bits per heavy atom. The second-order valence-electron chi connectivity index (χ2n) is 4.28. The highest BCUT2D eigenvalue weighted by atomic mass is 32.1. The summed E-state index contributed by atoms with van der Waals surface area (Å²) >= 11 is 1.43. The second kappa shape index (κ2) is 6.04. The number of nitrogens with zero attached hydrogens (tertiary/aromatic N) is 2. The van der Waals surface area contributed by atoms with Crippen LogP contribution in [0.15, 0.2) is 18.2 Å². The van der Waals surface area contributed by atoms with Crippen LogP contribution in [0.5, 0.6) is 5.88 Å². The van der Waals surface area contributed by atoms with Crippen LogP contribution in [-0.2, 0) is 6.54 Å². The molecule has 1 aromatic carbocycles. The van der Waals surface area contributed by atoms with Crippen LogP contribution in [0, 0.1) is 11.6 Å². The molecule has 4 nitrogen and oxygen atoms in total. The molecule has 0 saturated heterocycles. The topological polar surface area (TPSA) is 37.4 Å². The summed E-state index contributed by atoms with van der Waals surface area (Å²) in [6.45, 7) is 0.315. The van der Waals surface area contributed by atoms with Gasteiger partial charge < -0.3 is 15.0 Å². The van der Waals surface area contributed by atoms with Crippen molar-refractivity contribution in [2.75, 3.05) is 31.4 Å². The van der Waals surface area contributed by atoms with E-state index >= 15 is 0 Å². The van der Waals surface area contributed by atoms with Gasteiger partial charge in [-0.15, -0.1) is 0 Å². The van der Waals surface area contributed by atoms with Crippen LogP contribution in [0.4, 0.5) is 19.6 Å². The molecule has 0 unspecified atom stereocenters. The summed E-state index contributed by atoms with van der Waals surface area (Å²) in [5, 5.41) is 3.64. The molecule has 1 aromatic heterocycles. The summed E-state index contributed by atoms with van der Waals surface area (Å²) in [6.07, 6.45) is 0. The Morgan fingerprint density at radius 2 is 2.10 bits per heavy atom. The van der Waals surface area contributed by atoms with Crippen LogP contribution in [0.1, 0.15) is 4.88 Å². The van der Waals surface area contributed by atoms with Crippen LogP contribution in [0.25, 0.3) is 0 Å². The van der Waals surface area contributed by atoms with Crippen molar-refractivity contribution in [3.8, 4) is 5.88 Å². The van der Waals surface area contributed by atoms with Crippen molar-refractivity contribution in [3.63, 3.8) is 0 Å². The van der Waals surface area contributed by atoms with Gasteiger partial charge in [-0.2, -0.15) is 4.98 Å². The largest absolute Gasteiger partial charge is 0.480 e. The predicted octanol–water partition coefficient (Wildman–Crippen LogP) is 3.11. The first-order valence-electron chi connectivity index (χ1n) is 5.91. The van der Waals surface area contributed by atoms with Crippen LogP contribution >= 0.6 is 11.3 Å². The predicted molar refractivity (Wildman–Crippen MR) is 76.7 cm³/mol. The van der Waals surface area contributed by atoms with Gasteiger partial charge in [-0.25, -0.2) is 8.78 Å². The minimum Gasteiger partial charge on any atom is -0.480 e. The lowest BCUT2D eigenvalue weighted by Gasteiger charge is -2.07. The van der Waals surface area contributed by atoms with Gasteiger partial charge in [0, 0.05) is 14.1 Å². The first-order valence-corrected chi connectivity index (χ1v) is 6.73. The molecule has 0 fully saturated rings. The van der Waals surface area contributed by atoms with Gasteiger partial charge in [-0.3, -0.25) is 0 Å². The highest BCUT2D eigenvalue weighted by molar-refractivity contribution is 7.15. The molecule has 1 heterocycles. The summed E-state index contributed by atoms with van der Waals surface area (Å²) in [5.74, 6) is -1.27. The Morgan fingerprint density at radius 3 is 2.75 bits per heavy atom. The van der Waals surface area contributed by atoms with Crippen LogP contribution < -0.4 is 15.0 Å². The third-order valence-electron chi connectivity index (χ3n) is 2.62. The maximum absolute atomic E-state index is 13.5. The van der Waals surface area contributed by atoms with E-state index in [2.05, 4.69) is 10.3 Å². The van der Waals surface area contributed by atoms with Gasteiger partial charge in [-0.1, -0.05) is 17.4 Å². The molecule has 20 heavy (non-hydrogen) atoms. The zero-order valence-corrected chi connectivity index (χ0v) is 12.2. The quantitative estimate of drug-likeness (QED) is 0.920. The maximum Gasteiger partial charge on any atom is 0.231 e. The van der Waals surface area contributed by atoms with E-state index in [1.807, 2.05) is 19.0 Å². The Kier molecular flexibility index (Phi) is 4.39. The number of anilines is 2. The molecule has 0 radical (unpaired) electrons. The lowest BCUT2D eigenvalue weighted by atomic mass is 10.3. The average molecular weight is 299 g/mol. The molecule has 0 aliphatic carbocycles. The molecule has 2 aromatic rings. The number of ether oxygens (including phenoxy) is 1. The van der Waals surface area contributed by atoms with E-state index in [-0.39, 0.29) is 5.69 Å². The Hall–Kier alpha value is -1.89. The van der Waals surface area contributed by atoms with Crippen molar-refractivity contribution in [2.24, 2.45) is 0 Å². The molecular weight excluding hydrogens is 284 g/mol. The number of thiazole rings is 1. The van der Waals surface area contributed by atoms with E-state index < -0.39 is 11.6 Å². The number of rotatable bonds is 5. The molecule has 0 aliphatic rings. The number of hydrogen-bond donors (Lipinski definition) is 1. The molecule has 0 atom stereocenters. The van der Waals surface area contributed by atoms with Crippen molar-refractivity contribution in [3.05, 3.63) is 34.7 Å². The fourth-order valence-corrected chi connectivity index (χ4v) is 2.50. The minimum atomic E-state index is -0.885. The summed E-state index contributed by atoms with van der Waals surface area (Å²) in [7, 11) is 5.28. The molecule has 0 spiro atoms. The zero-order valence-electron chi connectivity index (χ0n) is 11.4. The van der Waals surface area contributed by atoms with Crippen molar-refractivity contribution in [1.29, 1.82) is 0 Å². The lowest BCUT2D eigenvalue weighted by molar-refractivity contribution is 0.397. The Labute approximate surface area is 120 Å². The fraction of sp³-hybridized carbons (Fsp3) is 0.308. The Bertz CT molecular complexity index is 601. The normalized spacial score (nSPS) is 10.4. The molecule has 0 saturated carbocycles.